The van der Waals surface area contributed by atoms with Crippen molar-refractivity contribution in [1.82, 2.24) is 19.2 Å². The second-order valence-electron chi connectivity index (χ2n) is 8.75. The Hall–Kier alpha value is -3.94. The standard InChI is InChI=1S/C26H28N6O2/c1-4-30(22-11-7-8-18(2)14-22)24(33)17-31-26(34)32-23(28-31)15-19(3)27-25(32)29-13-12-20-9-5-6-10-21(20)16-29/h5-11,14-15H,4,12-13,16-17H2,1-3H3. The summed E-state index contributed by atoms with van der Waals surface area (Å²) in [5.41, 5.74) is 5.37. The van der Waals surface area contributed by atoms with Crippen LogP contribution in [0.2, 0.25) is 0 Å². The van der Waals surface area contributed by atoms with Gasteiger partial charge in [0, 0.05) is 37.1 Å². The van der Waals surface area contributed by atoms with Gasteiger partial charge in [0.25, 0.3) is 0 Å². The first-order valence-corrected chi connectivity index (χ1v) is 11.6. The van der Waals surface area contributed by atoms with Crippen molar-refractivity contribution < 1.29 is 4.79 Å². The molecule has 0 aliphatic carbocycles. The minimum absolute atomic E-state index is 0.135. The molecule has 1 aliphatic heterocycles. The third-order valence-electron chi connectivity index (χ3n) is 6.31. The number of likely N-dealkylation sites (N-methyl/N-ethyl adjacent to an activating group) is 1. The van der Waals surface area contributed by atoms with Crippen molar-refractivity contribution in [2.24, 2.45) is 0 Å². The third kappa shape index (κ3) is 3.96. The summed E-state index contributed by atoms with van der Waals surface area (Å²) in [5.74, 6) is 0.385. The molecule has 0 fully saturated rings. The normalized spacial score (nSPS) is 13.2. The number of benzene rings is 2. The third-order valence-corrected chi connectivity index (χ3v) is 6.31. The molecule has 0 radical (unpaired) electrons. The van der Waals surface area contributed by atoms with E-state index in [4.69, 9.17) is 4.98 Å². The smallest absolute Gasteiger partial charge is 0.337 e. The lowest BCUT2D eigenvalue weighted by Gasteiger charge is -2.29. The van der Waals surface area contributed by atoms with Crippen LogP contribution in [0.15, 0.2) is 59.4 Å². The predicted molar refractivity (Wildman–Crippen MR) is 132 cm³/mol. The van der Waals surface area contributed by atoms with Gasteiger partial charge < -0.3 is 9.80 Å². The van der Waals surface area contributed by atoms with E-state index >= 15 is 0 Å². The second-order valence-corrected chi connectivity index (χ2v) is 8.75. The lowest BCUT2D eigenvalue weighted by atomic mass is 10.0. The minimum atomic E-state index is -0.356. The van der Waals surface area contributed by atoms with Gasteiger partial charge >= 0.3 is 5.69 Å². The number of aromatic nitrogens is 4. The molecule has 0 unspecified atom stereocenters. The quantitative estimate of drug-likeness (QED) is 0.461. The van der Waals surface area contributed by atoms with Crippen LogP contribution in [0.5, 0.6) is 0 Å². The van der Waals surface area contributed by atoms with E-state index in [9.17, 15) is 9.59 Å². The molecule has 8 nitrogen and oxygen atoms in total. The molecule has 3 heterocycles. The Bertz CT molecular complexity index is 1440. The molecule has 0 spiro atoms. The Morgan fingerprint density at radius 1 is 1.06 bits per heavy atom. The number of hydrogen-bond donors (Lipinski definition) is 0. The molecule has 174 valence electrons. The van der Waals surface area contributed by atoms with Gasteiger partial charge in [0.15, 0.2) is 5.65 Å². The summed E-state index contributed by atoms with van der Waals surface area (Å²) >= 11 is 0. The monoisotopic (exact) mass is 456 g/mol. The summed E-state index contributed by atoms with van der Waals surface area (Å²) in [5, 5.41) is 4.49. The fourth-order valence-electron chi connectivity index (χ4n) is 4.63. The molecule has 0 N–H and O–H groups in total. The SMILES string of the molecule is CCN(C(=O)Cn1nc2cc(C)nc(N3CCc4ccccc4C3)n2c1=O)c1cccc(C)c1. The molecule has 1 aliphatic rings. The van der Waals surface area contributed by atoms with Gasteiger partial charge in [0.1, 0.15) is 6.54 Å². The van der Waals surface area contributed by atoms with Gasteiger partial charge in [-0.15, -0.1) is 5.10 Å². The number of hydrogen-bond acceptors (Lipinski definition) is 5. The Kier molecular flexibility index (Phi) is 5.65. The van der Waals surface area contributed by atoms with Crippen molar-refractivity contribution in [2.45, 2.75) is 40.3 Å². The zero-order valence-corrected chi connectivity index (χ0v) is 19.7. The number of anilines is 2. The zero-order valence-electron chi connectivity index (χ0n) is 19.7. The molecule has 2 aromatic carbocycles. The molecule has 4 aromatic rings. The molecule has 34 heavy (non-hydrogen) atoms. The maximum Gasteiger partial charge on any atom is 0.353 e. The first-order valence-electron chi connectivity index (χ1n) is 11.6. The van der Waals surface area contributed by atoms with Gasteiger partial charge in [-0.3, -0.25) is 4.79 Å². The van der Waals surface area contributed by atoms with E-state index in [1.165, 1.54) is 20.2 Å². The lowest BCUT2D eigenvalue weighted by Crippen LogP contribution is -2.38. The highest BCUT2D eigenvalue weighted by Crippen LogP contribution is 2.23. The Morgan fingerprint density at radius 3 is 2.62 bits per heavy atom. The highest BCUT2D eigenvalue weighted by Gasteiger charge is 2.24. The van der Waals surface area contributed by atoms with E-state index in [-0.39, 0.29) is 18.1 Å². The number of carbonyl (C=O) groups excluding carboxylic acids is 1. The molecular weight excluding hydrogens is 428 g/mol. The van der Waals surface area contributed by atoms with Crippen LogP contribution in [0.4, 0.5) is 11.6 Å². The van der Waals surface area contributed by atoms with Crippen molar-refractivity contribution in [1.29, 1.82) is 0 Å². The molecule has 8 heteroatoms. The Balaban J connectivity index is 1.49. The summed E-state index contributed by atoms with van der Waals surface area (Å²) in [7, 11) is 0. The molecule has 0 atom stereocenters. The number of amides is 1. The summed E-state index contributed by atoms with van der Waals surface area (Å²) < 4.78 is 2.77. The van der Waals surface area contributed by atoms with E-state index in [2.05, 4.69) is 28.2 Å². The van der Waals surface area contributed by atoms with Crippen molar-refractivity contribution in [3.63, 3.8) is 0 Å². The van der Waals surface area contributed by atoms with Gasteiger partial charge in [-0.05, 0) is 56.0 Å². The summed E-state index contributed by atoms with van der Waals surface area (Å²) in [6, 6.07) is 17.9. The van der Waals surface area contributed by atoms with E-state index < -0.39 is 0 Å². The number of fused-ring (bicyclic) bond motifs is 2. The minimum Gasteiger partial charge on any atom is -0.337 e. The van der Waals surface area contributed by atoms with Crippen LogP contribution in [0, 0.1) is 13.8 Å². The largest absolute Gasteiger partial charge is 0.353 e. The van der Waals surface area contributed by atoms with Crippen molar-refractivity contribution >= 4 is 23.2 Å². The molecule has 1 amide bonds. The average Bonchev–Trinajstić information content (AvgIpc) is 3.13. The fourth-order valence-corrected chi connectivity index (χ4v) is 4.63. The molecule has 0 saturated heterocycles. The molecular formula is C26H28N6O2. The molecule has 0 saturated carbocycles. The Morgan fingerprint density at radius 2 is 1.85 bits per heavy atom. The van der Waals surface area contributed by atoms with Crippen molar-refractivity contribution in [2.75, 3.05) is 22.9 Å². The van der Waals surface area contributed by atoms with Crippen LogP contribution < -0.4 is 15.5 Å². The molecule has 5 rings (SSSR count). The maximum atomic E-state index is 13.4. The van der Waals surface area contributed by atoms with Crippen molar-refractivity contribution in [3.8, 4) is 0 Å². The molecule has 0 bridgehead atoms. The predicted octanol–water partition coefficient (Wildman–Crippen LogP) is 3.12. The van der Waals surface area contributed by atoms with E-state index in [1.54, 1.807) is 11.0 Å². The second kappa shape index (κ2) is 8.78. The van der Waals surface area contributed by atoms with Crippen LogP contribution in [0.1, 0.15) is 29.3 Å². The van der Waals surface area contributed by atoms with Gasteiger partial charge in [0.05, 0.1) is 0 Å². The summed E-state index contributed by atoms with van der Waals surface area (Å²) in [6.45, 7) is 7.61. The van der Waals surface area contributed by atoms with Gasteiger partial charge in [-0.25, -0.2) is 18.9 Å². The fraction of sp³-hybridized carbons (Fsp3) is 0.308. The topological polar surface area (TPSA) is 75.7 Å². The van der Waals surface area contributed by atoms with Crippen molar-refractivity contribution in [3.05, 3.63) is 87.5 Å². The van der Waals surface area contributed by atoms with Crippen LogP contribution in [-0.2, 0) is 24.3 Å². The summed E-state index contributed by atoms with van der Waals surface area (Å²) in [6.07, 6.45) is 0.886. The van der Waals surface area contributed by atoms with Crippen LogP contribution in [0.3, 0.4) is 0 Å². The number of aryl methyl sites for hydroxylation is 2. The van der Waals surface area contributed by atoms with Crippen LogP contribution in [0.25, 0.3) is 5.65 Å². The highest BCUT2D eigenvalue weighted by atomic mass is 16.2. The van der Waals surface area contributed by atoms with Crippen LogP contribution in [-0.4, -0.2) is 38.2 Å². The highest BCUT2D eigenvalue weighted by molar-refractivity contribution is 5.93. The first kappa shape index (κ1) is 21.9. The zero-order chi connectivity index (χ0) is 23.8. The lowest BCUT2D eigenvalue weighted by molar-refractivity contribution is -0.119. The number of carbonyl (C=O) groups is 1. The van der Waals surface area contributed by atoms with Gasteiger partial charge in [-0.1, -0.05) is 36.4 Å². The van der Waals surface area contributed by atoms with E-state index in [0.717, 1.165) is 29.9 Å². The number of rotatable bonds is 5. The average molecular weight is 457 g/mol. The first-order chi connectivity index (χ1) is 16.4. The van der Waals surface area contributed by atoms with E-state index in [1.807, 2.05) is 51.1 Å². The van der Waals surface area contributed by atoms with Gasteiger partial charge in [-0.2, -0.15) is 0 Å². The van der Waals surface area contributed by atoms with E-state index in [0.29, 0.717) is 24.7 Å². The molecule has 2 aromatic heterocycles. The summed E-state index contributed by atoms with van der Waals surface area (Å²) in [4.78, 5) is 35.1. The Labute approximate surface area is 198 Å². The maximum absolute atomic E-state index is 13.4. The number of nitrogens with zero attached hydrogens (tertiary/aromatic N) is 6. The van der Waals surface area contributed by atoms with Crippen LogP contribution >= 0.6 is 0 Å². The van der Waals surface area contributed by atoms with Gasteiger partial charge in [0.2, 0.25) is 11.9 Å².